The first-order valence-corrected chi connectivity index (χ1v) is 9.44. The van der Waals surface area contributed by atoms with Gasteiger partial charge >= 0.3 is 0 Å². The summed E-state index contributed by atoms with van der Waals surface area (Å²) in [5.74, 6) is 0.980. The van der Waals surface area contributed by atoms with Crippen molar-refractivity contribution in [1.29, 1.82) is 0 Å². The van der Waals surface area contributed by atoms with Crippen molar-refractivity contribution in [2.24, 2.45) is 5.92 Å². The van der Waals surface area contributed by atoms with Crippen molar-refractivity contribution in [2.45, 2.75) is 17.7 Å². The van der Waals surface area contributed by atoms with E-state index in [0.717, 1.165) is 0 Å². The van der Waals surface area contributed by atoms with E-state index < -0.39 is 10.0 Å². The summed E-state index contributed by atoms with van der Waals surface area (Å²) in [5, 5.41) is 0. The number of amides is 1. The standard InChI is InChI=1S/C16H22N2O5S/c1-17(2)16(19)12-5-7-18(8-6-12)24(20,21)13-3-4-14-15(11-13)23-10-9-22-14/h3-4,11-12H,5-10H2,1-2H3. The molecule has 1 amide bonds. The Bertz CT molecular complexity index is 724. The van der Waals surface area contributed by atoms with Crippen LogP contribution in [0.5, 0.6) is 11.5 Å². The first-order valence-electron chi connectivity index (χ1n) is 8.00. The number of carbonyl (C=O) groups is 1. The minimum atomic E-state index is -3.59. The summed E-state index contributed by atoms with van der Waals surface area (Å²) in [4.78, 5) is 13.8. The van der Waals surface area contributed by atoms with Crippen molar-refractivity contribution in [3.05, 3.63) is 18.2 Å². The molecule has 1 fully saturated rings. The number of piperidine rings is 1. The van der Waals surface area contributed by atoms with E-state index in [1.165, 1.54) is 10.4 Å². The second kappa shape index (κ2) is 6.60. The summed E-state index contributed by atoms with van der Waals surface area (Å²) >= 11 is 0. The summed E-state index contributed by atoms with van der Waals surface area (Å²) in [5.41, 5.74) is 0. The van der Waals surface area contributed by atoms with Crippen molar-refractivity contribution < 1.29 is 22.7 Å². The number of nitrogens with zero attached hydrogens (tertiary/aromatic N) is 2. The van der Waals surface area contributed by atoms with E-state index in [9.17, 15) is 13.2 Å². The zero-order valence-electron chi connectivity index (χ0n) is 13.9. The summed E-state index contributed by atoms with van der Waals surface area (Å²) < 4.78 is 38.0. The molecular weight excluding hydrogens is 332 g/mol. The fourth-order valence-corrected chi connectivity index (χ4v) is 4.53. The molecule has 0 atom stereocenters. The lowest BCUT2D eigenvalue weighted by molar-refractivity contribution is -0.134. The first kappa shape index (κ1) is 17.0. The molecule has 0 aliphatic carbocycles. The zero-order valence-corrected chi connectivity index (χ0v) is 14.7. The lowest BCUT2D eigenvalue weighted by Crippen LogP contribution is -2.42. The fourth-order valence-electron chi connectivity index (χ4n) is 3.04. The van der Waals surface area contributed by atoms with Crippen molar-refractivity contribution >= 4 is 15.9 Å². The molecule has 0 bridgehead atoms. The molecule has 8 heteroatoms. The third-order valence-electron chi connectivity index (χ3n) is 4.40. The maximum Gasteiger partial charge on any atom is 0.243 e. The van der Waals surface area contributed by atoms with Crippen LogP contribution in [0.4, 0.5) is 0 Å². The minimum absolute atomic E-state index is 0.0615. The minimum Gasteiger partial charge on any atom is -0.486 e. The maximum atomic E-state index is 12.8. The lowest BCUT2D eigenvalue weighted by atomic mass is 9.97. The molecule has 1 aromatic carbocycles. The van der Waals surface area contributed by atoms with Crippen LogP contribution in [0.25, 0.3) is 0 Å². The molecule has 7 nitrogen and oxygen atoms in total. The molecule has 132 valence electrons. The Morgan fingerprint density at radius 1 is 1.12 bits per heavy atom. The van der Waals surface area contributed by atoms with Crippen molar-refractivity contribution in [3.8, 4) is 11.5 Å². The lowest BCUT2D eigenvalue weighted by Gasteiger charge is -2.31. The Labute approximate surface area is 142 Å². The van der Waals surface area contributed by atoms with Crippen molar-refractivity contribution in [1.82, 2.24) is 9.21 Å². The SMILES string of the molecule is CN(C)C(=O)C1CCN(S(=O)(=O)c2ccc3c(c2)OCCO3)CC1. The Morgan fingerprint density at radius 2 is 1.75 bits per heavy atom. The van der Waals surface area contributed by atoms with Crippen molar-refractivity contribution in [2.75, 3.05) is 40.4 Å². The molecule has 2 aliphatic heterocycles. The highest BCUT2D eigenvalue weighted by atomic mass is 32.2. The van der Waals surface area contributed by atoms with Crippen LogP contribution in [0.1, 0.15) is 12.8 Å². The van der Waals surface area contributed by atoms with E-state index in [-0.39, 0.29) is 16.7 Å². The zero-order chi connectivity index (χ0) is 17.3. The fraction of sp³-hybridized carbons (Fsp3) is 0.562. The van der Waals surface area contributed by atoms with E-state index >= 15 is 0 Å². The molecule has 24 heavy (non-hydrogen) atoms. The van der Waals surface area contributed by atoms with Gasteiger partial charge in [-0.1, -0.05) is 0 Å². The Kier molecular flexibility index (Phi) is 4.69. The Balaban J connectivity index is 1.74. The van der Waals surface area contributed by atoms with Gasteiger partial charge in [0.15, 0.2) is 11.5 Å². The van der Waals surface area contributed by atoms with E-state index in [4.69, 9.17) is 9.47 Å². The van der Waals surface area contributed by atoms with Gasteiger partial charge in [-0.3, -0.25) is 4.79 Å². The van der Waals surface area contributed by atoms with Gasteiger partial charge in [-0.2, -0.15) is 4.31 Å². The Hall–Kier alpha value is -1.80. The largest absolute Gasteiger partial charge is 0.486 e. The normalized spacial score (nSPS) is 19.1. The monoisotopic (exact) mass is 354 g/mol. The van der Waals surface area contributed by atoms with Gasteiger partial charge in [0.1, 0.15) is 13.2 Å². The first-order chi connectivity index (χ1) is 11.4. The average molecular weight is 354 g/mol. The predicted molar refractivity (Wildman–Crippen MR) is 87.6 cm³/mol. The number of fused-ring (bicyclic) bond motifs is 1. The van der Waals surface area contributed by atoms with Crippen LogP contribution in [-0.4, -0.2) is 63.9 Å². The molecule has 2 heterocycles. The van der Waals surface area contributed by atoms with Crippen LogP contribution in [-0.2, 0) is 14.8 Å². The van der Waals surface area contributed by atoms with Crippen molar-refractivity contribution in [3.63, 3.8) is 0 Å². The molecule has 0 radical (unpaired) electrons. The summed E-state index contributed by atoms with van der Waals surface area (Å²) in [6.07, 6.45) is 1.08. The number of hydrogen-bond acceptors (Lipinski definition) is 5. The number of ether oxygens (including phenoxy) is 2. The van der Waals surface area contributed by atoms with Crippen LogP contribution in [0.15, 0.2) is 23.1 Å². The number of sulfonamides is 1. The average Bonchev–Trinajstić information content (AvgIpc) is 2.60. The molecule has 1 aromatic rings. The third-order valence-corrected chi connectivity index (χ3v) is 6.29. The smallest absolute Gasteiger partial charge is 0.243 e. The van der Waals surface area contributed by atoms with Gasteiger partial charge in [0, 0.05) is 39.2 Å². The predicted octanol–water partition coefficient (Wildman–Crippen LogP) is 0.947. The van der Waals surface area contributed by atoms with Crippen LogP contribution >= 0.6 is 0 Å². The quantitative estimate of drug-likeness (QED) is 0.808. The molecule has 0 aromatic heterocycles. The van der Waals surface area contributed by atoms with Gasteiger partial charge in [-0.25, -0.2) is 8.42 Å². The van der Waals surface area contributed by atoms with E-state index in [1.807, 2.05) is 0 Å². The third kappa shape index (κ3) is 3.21. The highest BCUT2D eigenvalue weighted by molar-refractivity contribution is 7.89. The Morgan fingerprint density at radius 3 is 2.38 bits per heavy atom. The molecule has 0 spiro atoms. The number of carbonyl (C=O) groups excluding carboxylic acids is 1. The van der Waals surface area contributed by atoms with Crippen LogP contribution < -0.4 is 9.47 Å². The second-order valence-corrected chi connectivity index (χ2v) is 8.15. The summed E-state index contributed by atoms with van der Waals surface area (Å²) in [6.45, 7) is 1.57. The molecule has 3 rings (SSSR count). The summed E-state index contributed by atoms with van der Waals surface area (Å²) in [6, 6.07) is 4.69. The van der Waals surface area contributed by atoms with Gasteiger partial charge in [0.2, 0.25) is 15.9 Å². The topological polar surface area (TPSA) is 76.2 Å². The second-order valence-electron chi connectivity index (χ2n) is 6.22. The van der Waals surface area contributed by atoms with Gasteiger partial charge in [-0.15, -0.1) is 0 Å². The van der Waals surface area contributed by atoms with E-state index in [2.05, 4.69) is 0 Å². The molecule has 0 saturated carbocycles. The molecule has 1 saturated heterocycles. The number of rotatable bonds is 3. The molecular formula is C16H22N2O5S. The molecule has 2 aliphatic rings. The van der Waals surface area contributed by atoms with Crippen LogP contribution in [0.2, 0.25) is 0 Å². The van der Waals surface area contributed by atoms with E-state index in [0.29, 0.717) is 50.6 Å². The summed E-state index contributed by atoms with van der Waals surface area (Å²) in [7, 11) is -0.146. The molecule has 0 unspecified atom stereocenters. The highest BCUT2D eigenvalue weighted by Crippen LogP contribution is 2.34. The van der Waals surface area contributed by atoms with E-state index in [1.54, 1.807) is 31.1 Å². The van der Waals surface area contributed by atoms with Crippen LogP contribution in [0, 0.1) is 5.92 Å². The van der Waals surface area contributed by atoms with Crippen LogP contribution in [0.3, 0.4) is 0 Å². The van der Waals surface area contributed by atoms with Gasteiger partial charge < -0.3 is 14.4 Å². The maximum absolute atomic E-state index is 12.8. The van der Waals surface area contributed by atoms with Gasteiger partial charge in [0.05, 0.1) is 4.90 Å². The number of hydrogen-bond donors (Lipinski definition) is 0. The highest BCUT2D eigenvalue weighted by Gasteiger charge is 2.33. The molecule has 0 N–H and O–H groups in total. The number of benzene rings is 1. The van der Waals surface area contributed by atoms with Gasteiger partial charge in [0.25, 0.3) is 0 Å². The van der Waals surface area contributed by atoms with Gasteiger partial charge in [-0.05, 0) is 25.0 Å².